The lowest BCUT2D eigenvalue weighted by molar-refractivity contribution is 0.296. The number of rotatable bonds is 5. The summed E-state index contributed by atoms with van der Waals surface area (Å²) in [6, 6.07) is 2.14. The second-order valence-corrected chi connectivity index (χ2v) is 9.17. The third-order valence-corrected chi connectivity index (χ3v) is 6.59. The van der Waals surface area contributed by atoms with Crippen LogP contribution in [0.25, 0.3) is 11.4 Å². The number of nitrogens with zero attached hydrogens (tertiary/aromatic N) is 6. The van der Waals surface area contributed by atoms with Crippen molar-refractivity contribution in [3.05, 3.63) is 30.4 Å². The first-order valence-electron chi connectivity index (χ1n) is 8.84. The van der Waals surface area contributed by atoms with Crippen LogP contribution in [0.1, 0.15) is 44.3 Å². The molecule has 1 aliphatic heterocycles. The molecule has 0 spiro atoms. The summed E-state index contributed by atoms with van der Waals surface area (Å²) in [4.78, 5) is 9.14. The normalized spacial score (nSPS) is 19.4. The highest BCUT2D eigenvalue weighted by Gasteiger charge is 2.33. The van der Waals surface area contributed by atoms with E-state index in [9.17, 15) is 8.42 Å². The molecule has 1 fully saturated rings. The van der Waals surface area contributed by atoms with Crippen LogP contribution >= 0.6 is 0 Å². The SMILES string of the molecule is CC(C)n1nccc1-c1nccnc1[C@@H]1CCCN(S(=O)(=O)N(C)C)C1. The predicted molar refractivity (Wildman–Crippen MR) is 99.8 cm³/mol. The monoisotopic (exact) mass is 378 g/mol. The second kappa shape index (κ2) is 7.42. The molecular weight excluding hydrogens is 352 g/mol. The molecule has 1 saturated heterocycles. The molecule has 26 heavy (non-hydrogen) atoms. The van der Waals surface area contributed by atoms with E-state index in [0.717, 1.165) is 29.9 Å². The standard InChI is InChI=1S/C17H26N6O2S/c1-13(2)23-15(7-8-20-23)17-16(18-9-10-19-17)14-6-5-11-22(12-14)26(24,25)21(3)4/h7-10,13-14H,5-6,11-12H2,1-4H3/t14-/m1/s1. The van der Waals surface area contributed by atoms with E-state index in [4.69, 9.17) is 0 Å². The Morgan fingerprint density at radius 1 is 1.19 bits per heavy atom. The Balaban J connectivity index is 1.97. The van der Waals surface area contributed by atoms with Crippen LogP contribution in [-0.4, -0.2) is 64.0 Å². The summed E-state index contributed by atoms with van der Waals surface area (Å²) in [5, 5.41) is 4.39. The van der Waals surface area contributed by atoms with Gasteiger partial charge in [0.15, 0.2) is 0 Å². The van der Waals surface area contributed by atoms with E-state index in [1.807, 2.05) is 10.7 Å². The Hall–Kier alpha value is -1.84. The molecule has 0 aliphatic carbocycles. The fraction of sp³-hybridized carbons (Fsp3) is 0.588. The average Bonchev–Trinajstić information content (AvgIpc) is 3.11. The molecule has 142 valence electrons. The second-order valence-electron chi connectivity index (χ2n) is 7.03. The van der Waals surface area contributed by atoms with Crippen molar-refractivity contribution in [3.63, 3.8) is 0 Å². The number of piperidine rings is 1. The van der Waals surface area contributed by atoms with Crippen molar-refractivity contribution in [2.45, 2.75) is 38.6 Å². The highest BCUT2D eigenvalue weighted by molar-refractivity contribution is 7.86. The van der Waals surface area contributed by atoms with Gasteiger partial charge in [-0.3, -0.25) is 14.6 Å². The van der Waals surface area contributed by atoms with Gasteiger partial charge in [-0.15, -0.1) is 0 Å². The van der Waals surface area contributed by atoms with Crippen molar-refractivity contribution >= 4 is 10.2 Å². The van der Waals surface area contributed by atoms with E-state index in [1.54, 1.807) is 37.0 Å². The van der Waals surface area contributed by atoms with Crippen molar-refractivity contribution in [1.29, 1.82) is 0 Å². The minimum Gasteiger partial charge on any atom is -0.261 e. The van der Waals surface area contributed by atoms with Crippen LogP contribution in [0.3, 0.4) is 0 Å². The van der Waals surface area contributed by atoms with Crippen LogP contribution in [-0.2, 0) is 10.2 Å². The number of hydrogen-bond donors (Lipinski definition) is 0. The number of aromatic nitrogens is 4. The molecule has 2 aromatic rings. The molecule has 0 bridgehead atoms. The van der Waals surface area contributed by atoms with Crippen LogP contribution in [0.4, 0.5) is 0 Å². The van der Waals surface area contributed by atoms with E-state index in [-0.39, 0.29) is 12.0 Å². The van der Waals surface area contributed by atoms with Gasteiger partial charge in [-0.1, -0.05) is 0 Å². The lowest BCUT2D eigenvalue weighted by atomic mass is 9.93. The van der Waals surface area contributed by atoms with Gasteiger partial charge in [0.25, 0.3) is 10.2 Å². The van der Waals surface area contributed by atoms with Gasteiger partial charge in [0.1, 0.15) is 5.69 Å². The Labute approximate surface area is 155 Å². The van der Waals surface area contributed by atoms with Gasteiger partial charge in [-0.2, -0.15) is 22.1 Å². The fourth-order valence-electron chi connectivity index (χ4n) is 3.36. The smallest absolute Gasteiger partial charge is 0.261 e. The average molecular weight is 379 g/mol. The minimum atomic E-state index is -3.43. The van der Waals surface area contributed by atoms with E-state index in [1.165, 1.54) is 4.31 Å². The van der Waals surface area contributed by atoms with E-state index in [2.05, 4.69) is 28.9 Å². The van der Waals surface area contributed by atoms with Crippen molar-refractivity contribution in [3.8, 4) is 11.4 Å². The third kappa shape index (κ3) is 3.51. The molecule has 0 radical (unpaired) electrons. The maximum Gasteiger partial charge on any atom is 0.281 e. The predicted octanol–water partition coefficient (Wildman–Crippen LogP) is 1.91. The summed E-state index contributed by atoms with van der Waals surface area (Å²) in [5.41, 5.74) is 2.54. The van der Waals surface area contributed by atoms with Crippen LogP contribution in [0.2, 0.25) is 0 Å². The van der Waals surface area contributed by atoms with Crippen molar-refractivity contribution < 1.29 is 8.42 Å². The summed E-state index contributed by atoms with van der Waals surface area (Å²) in [5.74, 6) is 0.0117. The molecule has 1 aliphatic rings. The molecule has 0 aromatic carbocycles. The highest BCUT2D eigenvalue weighted by Crippen LogP contribution is 2.33. The Bertz CT molecular complexity index is 862. The molecule has 8 nitrogen and oxygen atoms in total. The maximum atomic E-state index is 12.5. The molecule has 1 atom stereocenters. The van der Waals surface area contributed by atoms with E-state index >= 15 is 0 Å². The minimum absolute atomic E-state index is 0.0117. The van der Waals surface area contributed by atoms with Gasteiger partial charge >= 0.3 is 0 Å². The quantitative estimate of drug-likeness (QED) is 0.793. The van der Waals surface area contributed by atoms with Gasteiger partial charge in [-0.05, 0) is 32.8 Å². The summed E-state index contributed by atoms with van der Waals surface area (Å²) in [6.07, 6.45) is 6.80. The summed E-state index contributed by atoms with van der Waals surface area (Å²) >= 11 is 0. The Morgan fingerprint density at radius 2 is 1.92 bits per heavy atom. The first-order chi connectivity index (χ1) is 12.3. The molecule has 2 aromatic heterocycles. The molecule has 0 amide bonds. The van der Waals surface area contributed by atoms with Crippen molar-refractivity contribution in [2.24, 2.45) is 0 Å². The van der Waals surface area contributed by atoms with Crippen LogP contribution in [0.5, 0.6) is 0 Å². The Kier molecular flexibility index (Phi) is 5.40. The van der Waals surface area contributed by atoms with Crippen LogP contribution in [0, 0.1) is 0 Å². The Morgan fingerprint density at radius 3 is 2.62 bits per heavy atom. The summed E-state index contributed by atoms with van der Waals surface area (Å²) < 4.78 is 29.8. The molecule has 3 rings (SSSR count). The van der Waals surface area contributed by atoms with Crippen molar-refractivity contribution in [1.82, 2.24) is 28.4 Å². The van der Waals surface area contributed by atoms with Crippen LogP contribution < -0.4 is 0 Å². The van der Waals surface area contributed by atoms with Crippen LogP contribution in [0.15, 0.2) is 24.7 Å². The zero-order chi connectivity index (χ0) is 18.9. The lowest BCUT2D eigenvalue weighted by Crippen LogP contribution is -2.45. The summed E-state index contributed by atoms with van der Waals surface area (Å²) in [6.45, 7) is 5.09. The topological polar surface area (TPSA) is 84.2 Å². The first kappa shape index (κ1) is 18.9. The zero-order valence-corrected chi connectivity index (χ0v) is 16.5. The first-order valence-corrected chi connectivity index (χ1v) is 10.2. The molecule has 3 heterocycles. The summed E-state index contributed by atoms with van der Waals surface area (Å²) in [7, 11) is -0.301. The van der Waals surface area contributed by atoms with E-state index < -0.39 is 10.2 Å². The van der Waals surface area contributed by atoms with Gasteiger partial charge in [0.2, 0.25) is 0 Å². The fourth-order valence-corrected chi connectivity index (χ4v) is 4.55. The van der Waals surface area contributed by atoms with Gasteiger partial charge < -0.3 is 0 Å². The molecular formula is C17H26N6O2S. The van der Waals surface area contributed by atoms with Gasteiger partial charge in [0, 0.05) is 57.7 Å². The largest absolute Gasteiger partial charge is 0.281 e. The molecule has 0 unspecified atom stereocenters. The van der Waals surface area contributed by atoms with Crippen molar-refractivity contribution in [2.75, 3.05) is 27.2 Å². The number of hydrogen-bond acceptors (Lipinski definition) is 5. The lowest BCUT2D eigenvalue weighted by Gasteiger charge is -2.33. The molecule has 9 heteroatoms. The maximum absolute atomic E-state index is 12.5. The molecule has 0 N–H and O–H groups in total. The third-order valence-electron chi connectivity index (χ3n) is 4.69. The van der Waals surface area contributed by atoms with Gasteiger partial charge in [-0.25, -0.2) is 0 Å². The van der Waals surface area contributed by atoms with E-state index in [0.29, 0.717) is 13.1 Å². The molecule has 0 saturated carbocycles. The zero-order valence-electron chi connectivity index (χ0n) is 15.7. The highest BCUT2D eigenvalue weighted by atomic mass is 32.2. The van der Waals surface area contributed by atoms with Gasteiger partial charge in [0.05, 0.1) is 11.4 Å².